The fraction of sp³-hybridized carbons (Fsp3) is 0.0526. The van der Waals surface area contributed by atoms with E-state index in [1.807, 2.05) is 0 Å². The standard InChI is InChI=1S/C19H17FN2O5S2/c20-15-6-11-19(27-29(25,26)18-4-2-1-3-5-18)14(12-15)13-21-16-7-9-17(10-8-16)22-28(23)24/h1-12,21-22H,13H2,(H,23,24). The molecule has 0 heterocycles. The van der Waals surface area contributed by atoms with Crippen molar-refractivity contribution in [1.82, 2.24) is 0 Å². The third-order valence-corrected chi connectivity index (χ3v) is 5.49. The van der Waals surface area contributed by atoms with Gasteiger partial charge in [-0.15, -0.1) is 0 Å². The number of benzene rings is 3. The highest BCUT2D eigenvalue weighted by Gasteiger charge is 2.18. The highest BCUT2D eigenvalue weighted by Crippen LogP contribution is 2.25. The second-order valence-corrected chi connectivity index (χ2v) is 8.13. The average Bonchev–Trinajstić information content (AvgIpc) is 2.69. The fourth-order valence-electron chi connectivity index (χ4n) is 2.48. The van der Waals surface area contributed by atoms with Gasteiger partial charge in [-0.3, -0.25) is 9.27 Å². The smallest absolute Gasteiger partial charge is 0.339 e. The lowest BCUT2D eigenvalue weighted by molar-refractivity contribution is 0.482. The molecule has 3 rings (SSSR count). The zero-order chi connectivity index (χ0) is 20.9. The molecule has 29 heavy (non-hydrogen) atoms. The summed E-state index contributed by atoms with van der Waals surface area (Å²) in [6.07, 6.45) is 0. The van der Waals surface area contributed by atoms with E-state index in [2.05, 4.69) is 10.0 Å². The summed E-state index contributed by atoms with van der Waals surface area (Å²) in [7, 11) is -4.06. The van der Waals surface area contributed by atoms with Crippen LogP contribution in [0.2, 0.25) is 0 Å². The highest BCUT2D eigenvalue weighted by molar-refractivity contribution is 7.87. The molecule has 0 radical (unpaired) electrons. The number of halogens is 1. The molecule has 3 aromatic carbocycles. The Kier molecular flexibility index (Phi) is 6.47. The van der Waals surface area contributed by atoms with Crippen molar-refractivity contribution in [2.24, 2.45) is 0 Å². The van der Waals surface area contributed by atoms with Gasteiger partial charge in [0.15, 0.2) is 0 Å². The Balaban J connectivity index is 1.76. The van der Waals surface area contributed by atoms with E-state index in [-0.39, 0.29) is 17.2 Å². The van der Waals surface area contributed by atoms with Crippen LogP contribution in [-0.4, -0.2) is 17.2 Å². The molecule has 0 fully saturated rings. The van der Waals surface area contributed by atoms with Gasteiger partial charge in [-0.1, -0.05) is 18.2 Å². The number of nitrogens with one attached hydrogen (secondary N) is 2. The van der Waals surface area contributed by atoms with E-state index < -0.39 is 27.2 Å². The molecule has 0 spiro atoms. The van der Waals surface area contributed by atoms with Gasteiger partial charge >= 0.3 is 10.1 Å². The molecule has 1 unspecified atom stereocenters. The van der Waals surface area contributed by atoms with Crippen LogP contribution in [0, 0.1) is 5.82 Å². The Hall–Kier alpha value is -2.95. The molecule has 0 bridgehead atoms. The molecule has 7 nitrogen and oxygen atoms in total. The largest absolute Gasteiger partial charge is 0.381 e. The van der Waals surface area contributed by atoms with Gasteiger partial charge < -0.3 is 9.50 Å². The maximum absolute atomic E-state index is 13.7. The average molecular weight is 436 g/mol. The van der Waals surface area contributed by atoms with E-state index in [0.717, 1.165) is 6.07 Å². The van der Waals surface area contributed by atoms with Crippen LogP contribution in [0.3, 0.4) is 0 Å². The minimum absolute atomic E-state index is 0.00686. The molecule has 0 aliphatic carbocycles. The van der Waals surface area contributed by atoms with Crippen LogP contribution < -0.4 is 14.2 Å². The molecule has 0 amide bonds. The summed E-state index contributed by atoms with van der Waals surface area (Å²) in [6, 6.07) is 17.7. The third-order valence-electron chi connectivity index (χ3n) is 3.83. The van der Waals surface area contributed by atoms with Crippen LogP contribution in [0.1, 0.15) is 5.56 Å². The minimum atomic E-state index is -4.06. The van der Waals surface area contributed by atoms with Crippen molar-refractivity contribution in [2.45, 2.75) is 11.4 Å². The van der Waals surface area contributed by atoms with Crippen LogP contribution in [0.4, 0.5) is 15.8 Å². The van der Waals surface area contributed by atoms with Crippen molar-refractivity contribution < 1.29 is 25.8 Å². The van der Waals surface area contributed by atoms with Gasteiger partial charge in [0, 0.05) is 23.5 Å². The van der Waals surface area contributed by atoms with Gasteiger partial charge in [0.05, 0.1) is 0 Å². The van der Waals surface area contributed by atoms with E-state index >= 15 is 0 Å². The van der Waals surface area contributed by atoms with Gasteiger partial charge in [-0.2, -0.15) is 8.42 Å². The van der Waals surface area contributed by atoms with E-state index in [4.69, 9.17) is 8.74 Å². The van der Waals surface area contributed by atoms with Crippen LogP contribution in [0.25, 0.3) is 0 Å². The first-order valence-corrected chi connectivity index (χ1v) is 10.8. The molecule has 10 heteroatoms. The Morgan fingerprint density at radius 1 is 0.966 bits per heavy atom. The van der Waals surface area contributed by atoms with Gasteiger partial charge in [-0.25, -0.2) is 8.60 Å². The number of anilines is 2. The molecule has 152 valence electrons. The van der Waals surface area contributed by atoms with E-state index in [1.54, 1.807) is 42.5 Å². The van der Waals surface area contributed by atoms with Crippen LogP contribution >= 0.6 is 0 Å². The van der Waals surface area contributed by atoms with Crippen molar-refractivity contribution in [2.75, 3.05) is 10.0 Å². The Labute approximate surface area is 170 Å². The van der Waals surface area contributed by atoms with Crippen LogP contribution in [0.15, 0.2) is 77.7 Å². The lowest BCUT2D eigenvalue weighted by Crippen LogP contribution is -2.12. The quantitative estimate of drug-likeness (QED) is 0.367. The lowest BCUT2D eigenvalue weighted by atomic mass is 10.2. The summed E-state index contributed by atoms with van der Waals surface area (Å²) >= 11 is -2.17. The Morgan fingerprint density at radius 3 is 2.28 bits per heavy atom. The Bertz CT molecular complexity index is 1110. The molecule has 3 aromatic rings. The normalized spacial score (nSPS) is 12.2. The first-order chi connectivity index (χ1) is 13.8. The monoisotopic (exact) mass is 436 g/mol. The van der Waals surface area contributed by atoms with Crippen molar-refractivity contribution in [3.8, 4) is 5.75 Å². The molecule has 3 N–H and O–H groups in total. The first-order valence-electron chi connectivity index (χ1n) is 8.33. The molecule has 1 atom stereocenters. The van der Waals surface area contributed by atoms with Crippen LogP contribution in [-0.2, 0) is 27.9 Å². The maximum Gasteiger partial charge on any atom is 0.339 e. The molecule has 0 aromatic heterocycles. The van der Waals surface area contributed by atoms with Crippen molar-refractivity contribution >= 4 is 32.8 Å². The molecular formula is C19H17FN2O5S2. The highest BCUT2D eigenvalue weighted by atomic mass is 32.2. The molecule has 0 aliphatic rings. The number of hydrogen-bond acceptors (Lipinski definition) is 5. The Morgan fingerprint density at radius 2 is 1.62 bits per heavy atom. The third kappa shape index (κ3) is 5.76. The topological polar surface area (TPSA) is 105 Å². The van der Waals surface area contributed by atoms with E-state index in [0.29, 0.717) is 16.9 Å². The second-order valence-electron chi connectivity index (χ2n) is 5.88. The van der Waals surface area contributed by atoms with Gasteiger partial charge in [-0.05, 0) is 54.6 Å². The van der Waals surface area contributed by atoms with E-state index in [1.165, 1.54) is 24.3 Å². The molecular weight excluding hydrogens is 419 g/mol. The van der Waals surface area contributed by atoms with E-state index in [9.17, 15) is 17.0 Å². The summed E-state index contributed by atoms with van der Waals surface area (Å²) in [5.41, 5.74) is 1.39. The van der Waals surface area contributed by atoms with Crippen molar-refractivity contribution in [3.05, 3.63) is 84.2 Å². The van der Waals surface area contributed by atoms with Gasteiger partial charge in [0.25, 0.3) is 11.3 Å². The summed E-state index contributed by atoms with van der Waals surface area (Å²) in [5, 5.41) is 3.03. The lowest BCUT2D eigenvalue weighted by Gasteiger charge is -2.13. The SMILES string of the molecule is O=S(O)Nc1ccc(NCc2cc(F)ccc2OS(=O)(=O)c2ccccc2)cc1. The molecule has 0 saturated carbocycles. The first kappa shape index (κ1) is 20.8. The maximum atomic E-state index is 13.7. The minimum Gasteiger partial charge on any atom is -0.381 e. The summed E-state index contributed by atoms with van der Waals surface area (Å²) in [5.74, 6) is -0.520. The van der Waals surface area contributed by atoms with Gasteiger partial charge in [0.2, 0.25) is 0 Å². The molecule has 0 aliphatic heterocycles. The zero-order valence-corrected chi connectivity index (χ0v) is 16.5. The van der Waals surface area contributed by atoms with Crippen LogP contribution in [0.5, 0.6) is 5.75 Å². The summed E-state index contributed by atoms with van der Waals surface area (Å²) < 4.78 is 65.7. The number of hydrogen-bond donors (Lipinski definition) is 3. The summed E-state index contributed by atoms with van der Waals surface area (Å²) in [4.78, 5) is -0.00686. The predicted octanol–water partition coefficient (Wildman–Crippen LogP) is 3.75. The van der Waals surface area contributed by atoms with Crippen molar-refractivity contribution in [1.29, 1.82) is 0 Å². The number of rotatable bonds is 8. The van der Waals surface area contributed by atoms with Crippen molar-refractivity contribution in [3.63, 3.8) is 0 Å². The second kappa shape index (κ2) is 9.03. The summed E-state index contributed by atoms with van der Waals surface area (Å²) in [6.45, 7) is 0.0934. The van der Waals surface area contributed by atoms with Gasteiger partial charge in [0.1, 0.15) is 16.5 Å². The zero-order valence-electron chi connectivity index (χ0n) is 14.9. The predicted molar refractivity (Wildman–Crippen MR) is 109 cm³/mol. The fourth-order valence-corrected chi connectivity index (χ4v) is 3.80. The molecule has 0 saturated heterocycles.